The van der Waals surface area contributed by atoms with Gasteiger partial charge in [0.2, 0.25) is 5.88 Å². The van der Waals surface area contributed by atoms with Gasteiger partial charge in [0.05, 0.1) is 24.3 Å². The molecule has 0 aromatic carbocycles. The van der Waals surface area contributed by atoms with E-state index in [-0.39, 0.29) is 29.1 Å². The van der Waals surface area contributed by atoms with Gasteiger partial charge in [0, 0.05) is 30.9 Å². The first kappa shape index (κ1) is 22.7. The fourth-order valence-electron chi connectivity index (χ4n) is 3.97. The van der Waals surface area contributed by atoms with Crippen LogP contribution in [-0.4, -0.2) is 54.7 Å². The van der Waals surface area contributed by atoms with Crippen molar-refractivity contribution >= 4 is 11.3 Å². The van der Waals surface area contributed by atoms with E-state index in [0.29, 0.717) is 11.3 Å². The number of hydrogen-bond acceptors (Lipinski definition) is 7. The highest BCUT2D eigenvalue weighted by Crippen LogP contribution is 2.36. The van der Waals surface area contributed by atoms with Gasteiger partial charge in [-0.2, -0.15) is 5.10 Å². The summed E-state index contributed by atoms with van der Waals surface area (Å²) >= 11 is 0. The number of nitrogens with zero attached hydrogens (tertiary/aromatic N) is 5. The topological polar surface area (TPSA) is 121 Å². The summed E-state index contributed by atoms with van der Waals surface area (Å²) in [4.78, 5) is 38.1. The lowest BCUT2D eigenvalue weighted by molar-refractivity contribution is -0.0609. The van der Waals surface area contributed by atoms with Crippen LogP contribution in [0.25, 0.3) is 16.9 Å². The lowest BCUT2D eigenvalue weighted by atomic mass is 9.88. The van der Waals surface area contributed by atoms with Crippen LogP contribution in [0.4, 0.5) is 14.5 Å². The Kier molecular flexibility index (Phi) is 5.18. The van der Waals surface area contributed by atoms with Crippen molar-refractivity contribution in [3.8, 4) is 17.1 Å². The Labute approximate surface area is 197 Å². The fourth-order valence-corrected chi connectivity index (χ4v) is 3.97. The molecule has 1 aliphatic rings. The molecule has 12 heteroatoms. The van der Waals surface area contributed by atoms with Crippen molar-refractivity contribution in [3.63, 3.8) is 0 Å². The SMILES string of the molecule is CC(C)(C)c1ccc(OC2CN(c3cc(-c4c[nH]c(=O)[nH]c4=O)nn4ccnc34)CC2(F)F)nc1. The fraction of sp³-hybridized carbons (Fsp3) is 0.348. The van der Waals surface area contributed by atoms with E-state index in [1.54, 1.807) is 18.5 Å². The van der Waals surface area contributed by atoms with Gasteiger partial charge in [0.25, 0.3) is 5.56 Å². The van der Waals surface area contributed by atoms with Crippen LogP contribution < -0.4 is 20.9 Å². The highest BCUT2D eigenvalue weighted by molar-refractivity contribution is 5.74. The minimum absolute atomic E-state index is 0.0864. The van der Waals surface area contributed by atoms with E-state index < -0.39 is 29.8 Å². The normalized spacial score (nSPS) is 17.7. The Morgan fingerprint density at radius 2 is 2.00 bits per heavy atom. The van der Waals surface area contributed by atoms with Crippen LogP contribution in [0.2, 0.25) is 0 Å². The molecule has 0 spiro atoms. The zero-order valence-electron chi connectivity index (χ0n) is 19.2. The van der Waals surface area contributed by atoms with Gasteiger partial charge >= 0.3 is 11.6 Å². The van der Waals surface area contributed by atoms with Gasteiger partial charge in [-0.05, 0) is 17.0 Å². The van der Waals surface area contributed by atoms with Gasteiger partial charge in [0.15, 0.2) is 11.8 Å². The summed E-state index contributed by atoms with van der Waals surface area (Å²) in [5.74, 6) is -3.06. The number of nitrogens with one attached hydrogen (secondary N) is 2. The number of H-pyrrole nitrogens is 2. The molecule has 0 saturated carbocycles. The first-order valence-corrected chi connectivity index (χ1v) is 10.9. The number of anilines is 1. The molecule has 0 aliphatic carbocycles. The van der Waals surface area contributed by atoms with Crippen molar-refractivity contribution in [1.82, 2.24) is 29.5 Å². The molecule has 1 atom stereocenters. The summed E-state index contributed by atoms with van der Waals surface area (Å²) in [5, 5.41) is 4.34. The smallest absolute Gasteiger partial charge is 0.325 e. The van der Waals surface area contributed by atoms with E-state index in [0.717, 1.165) is 5.56 Å². The Morgan fingerprint density at radius 3 is 2.69 bits per heavy atom. The number of aromatic amines is 2. The molecule has 0 radical (unpaired) electrons. The van der Waals surface area contributed by atoms with E-state index in [9.17, 15) is 9.59 Å². The predicted octanol–water partition coefficient (Wildman–Crippen LogP) is 2.37. The minimum Gasteiger partial charge on any atom is -0.466 e. The summed E-state index contributed by atoms with van der Waals surface area (Å²) < 4.78 is 37.1. The molecule has 0 bridgehead atoms. The molecule has 1 unspecified atom stereocenters. The van der Waals surface area contributed by atoms with Gasteiger partial charge in [-0.1, -0.05) is 26.8 Å². The van der Waals surface area contributed by atoms with Crippen molar-refractivity contribution in [2.75, 3.05) is 18.0 Å². The molecule has 5 rings (SSSR count). The Balaban J connectivity index is 1.47. The van der Waals surface area contributed by atoms with Crippen LogP contribution in [0, 0.1) is 0 Å². The monoisotopic (exact) mass is 483 g/mol. The molecule has 1 saturated heterocycles. The second-order valence-corrected chi connectivity index (χ2v) is 9.48. The number of alkyl halides is 2. The number of pyridine rings is 1. The first-order chi connectivity index (χ1) is 16.5. The molecule has 2 N–H and O–H groups in total. The summed E-state index contributed by atoms with van der Waals surface area (Å²) in [6, 6.07) is 4.91. The minimum atomic E-state index is -3.17. The maximum absolute atomic E-state index is 15.0. The third kappa shape index (κ3) is 4.27. The second kappa shape index (κ2) is 8.00. The highest BCUT2D eigenvalue weighted by atomic mass is 19.3. The molecule has 35 heavy (non-hydrogen) atoms. The summed E-state index contributed by atoms with van der Waals surface area (Å²) in [6.45, 7) is 5.35. The highest BCUT2D eigenvalue weighted by Gasteiger charge is 2.51. The molecule has 1 fully saturated rings. The number of hydrogen-bond donors (Lipinski definition) is 2. The number of ether oxygens (including phenoxy) is 1. The predicted molar refractivity (Wildman–Crippen MR) is 124 cm³/mol. The van der Waals surface area contributed by atoms with Gasteiger partial charge in [-0.3, -0.25) is 9.78 Å². The van der Waals surface area contributed by atoms with Crippen molar-refractivity contribution in [2.24, 2.45) is 0 Å². The van der Waals surface area contributed by atoms with E-state index in [4.69, 9.17) is 4.74 Å². The van der Waals surface area contributed by atoms with Crippen LogP contribution in [0.3, 0.4) is 0 Å². The maximum atomic E-state index is 15.0. The maximum Gasteiger partial charge on any atom is 0.325 e. The van der Waals surface area contributed by atoms with Crippen LogP contribution in [-0.2, 0) is 5.41 Å². The zero-order valence-corrected chi connectivity index (χ0v) is 19.2. The summed E-state index contributed by atoms with van der Waals surface area (Å²) in [6.07, 6.45) is 4.44. The summed E-state index contributed by atoms with van der Waals surface area (Å²) in [7, 11) is 0. The third-order valence-corrected chi connectivity index (χ3v) is 5.90. The van der Waals surface area contributed by atoms with Crippen LogP contribution >= 0.6 is 0 Å². The molecule has 10 nitrogen and oxygen atoms in total. The average Bonchev–Trinajstić information content (AvgIpc) is 3.37. The third-order valence-electron chi connectivity index (χ3n) is 5.90. The number of imidazole rings is 1. The van der Waals surface area contributed by atoms with Crippen molar-refractivity contribution < 1.29 is 13.5 Å². The lowest BCUT2D eigenvalue weighted by Gasteiger charge is -2.21. The van der Waals surface area contributed by atoms with E-state index >= 15 is 8.78 Å². The Morgan fingerprint density at radius 1 is 1.20 bits per heavy atom. The average molecular weight is 483 g/mol. The quantitative estimate of drug-likeness (QED) is 0.457. The standard InChI is InChI=1S/C23H23F2N7O3/c1-22(2,3)13-4-5-18(27-9-13)35-17-11-31(12-23(17,24)25)16-8-15(30-32-7-6-26-19(16)32)14-10-28-21(34)29-20(14)33/h4-10,17H,11-12H2,1-3H3,(H2,28,29,33,34). The zero-order chi connectivity index (χ0) is 25.0. The largest absolute Gasteiger partial charge is 0.466 e. The molecule has 4 aromatic rings. The molecule has 5 heterocycles. The molecular formula is C23H23F2N7O3. The van der Waals surface area contributed by atoms with Gasteiger partial charge in [-0.15, -0.1) is 0 Å². The van der Waals surface area contributed by atoms with E-state index in [2.05, 4.69) is 25.0 Å². The van der Waals surface area contributed by atoms with Gasteiger partial charge in [-0.25, -0.2) is 28.1 Å². The van der Waals surface area contributed by atoms with Gasteiger partial charge in [0.1, 0.15) is 5.69 Å². The number of halogens is 2. The van der Waals surface area contributed by atoms with Crippen molar-refractivity contribution in [3.05, 3.63) is 69.4 Å². The van der Waals surface area contributed by atoms with Crippen LogP contribution in [0.15, 0.2) is 52.6 Å². The molecule has 182 valence electrons. The van der Waals surface area contributed by atoms with Crippen LogP contribution in [0.5, 0.6) is 5.88 Å². The Hall–Kier alpha value is -4.09. The number of fused-ring (bicyclic) bond motifs is 1. The van der Waals surface area contributed by atoms with E-state index in [1.807, 2.05) is 26.8 Å². The Bertz CT molecular complexity index is 1500. The molecular weight excluding hydrogens is 460 g/mol. The number of aromatic nitrogens is 6. The van der Waals surface area contributed by atoms with Crippen LogP contribution in [0.1, 0.15) is 26.3 Å². The second-order valence-electron chi connectivity index (χ2n) is 9.48. The van der Waals surface area contributed by atoms with Gasteiger partial charge < -0.3 is 14.6 Å². The number of rotatable bonds is 4. The molecule has 4 aromatic heterocycles. The van der Waals surface area contributed by atoms with E-state index in [1.165, 1.54) is 27.9 Å². The molecule has 1 aliphatic heterocycles. The van der Waals surface area contributed by atoms with Crippen molar-refractivity contribution in [1.29, 1.82) is 0 Å². The molecule has 0 amide bonds. The summed E-state index contributed by atoms with van der Waals surface area (Å²) in [5.41, 5.74) is 0.509. The first-order valence-electron chi connectivity index (χ1n) is 10.9. The van der Waals surface area contributed by atoms with Crippen molar-refractivity contribution in [2.45, 2.75) is 38.2 Å². The lowest BCUT2D eigenvalue weighted by Crippen LogP contribution is -2.36.